The number of nitriles is 1. The Hall–Kier alpha value is -3.00. The minimum absolute atomic E-state index is 0.371. The van der Waals surface area contributed by atoms with Crippen molar-refractivity contribution >= 4 is 11.0 Å². The fraction of sp³-hybridized carbons (Fsp3) is 0.222. The molecule has 0 bridgehead atoms. The molecule has 23 heavy (non-hydrogen) atoms. The number of para-hydroxylation sites is 2. The van der Waals surface area contributed by atoms with Crippen molar-refractivity contribution in [3.8, 4) is 17.6 Å². The van der Waals surface area contributed by atoms with E-state index < -0.39 is 0 Å². The van der Waals surface area contributed by atoms with Gasteiger partial charge in [0.05, 0.1) is 31.3 Å². The molecule has 1 N–H and O–H groups in total. The molecule has 0 spiro atoms. The Bertz CT molecular complexity index is 831. The number of imidazole rings is 1. The van der Waals surface area contributed by atoms with Crippen LogP contribution in [0, 0.1) is 11.3 Å². The summed E-state index contributed by atoms with van der Waals surface area (Å²) >= 11 is 0. The Morgan fingerprint density at radius 1 is 1.17 bits per heavy atom. The summed E-state index contributed by atoms with van der Waals surface area (Å²) in [5.41, 5.74) is 2.74. The maximum atomic E-state index is 9.55. The lowest BCUT2D eigenvalue weighted by Gasteiger charge is -2.12. The van der Waals surface area contributed by atoms with Gasteiger partial charge < -0.3 is 14.5 Å². The molecule has 5 nitrogen and oxygen atoms in total. The number of hydrogen-bond acceptors (Lipinski definition) is 4. The van der Waals surface area contributed by atoms with Crippen LogP contribution >= 0.6 is 0 Å². The molecule has 0 saturated heterocycles. The third-order valence-electron chi connectivity index (χ3n) is 3.81. The second-order valence-corrected chi connectivity index (χ2v) is 5.20. The average Bonchev–Trinajstić information content (AvgIpc) is 3.03. The molecule has 1 atom stereocenters. The molecule has 3 rings (SSSR count). The number of aromatic nitrogens is 2. The molecule has 0 aliphatic rings. The molecular weight excluding hydrogens is 290 g/mol. The first-order valence-corrected chi connectivity index (χ1v) is 7.30. The molecule has 5 heteroatoms. The van der Waals surface area contributed by atoms with Gasteiger partial charge in [0.15, 0.2) is 0 Å². The van der Waals surface area contributed by atoms with E-state index in [1.54, 1.807) is 14.2 Å². The number of nitrogens with zero attached hydrogens (tertiary/aromatic N) is 2. The molecule has 0 saturated carbocycles. The zero-order chi connectivity index (χ0) is 16.2. The van der Waals surface area contributed by atoms with Crippen LogP contribution in [0.15, 0.2) is 42.5 Å². The van der Waals surface area contributed by atoms with Crippen molar-refractivity contribution < 1.29 is 9.47 Å². The van der Waals surface area contributed by atoms with E-state index in [0.717, 1.165) is 22.3 Å². The predicted octanol–water partition coefficient (Wildman–Crippen LogP) is 3.43. The fourth-order valence-electron chi connectivity index (χ4n) is 2.58. The third kappa shape index (κ3) is 2.97. The van der Waals surface area contributed by atoms with Gasteiger partial charge in [0.25, 0.3) is 0 Å². The van der Waals surface area contributed by atoms with Crippen LogP contribution in [-0.2, 0) is 6.42 Å². The van der Waals surface area contributed by atoms with E-state index in [-0.39, 0.29) is 5.92 Å². The first-order valence-electron chi connectivity index (χ1n) is 7.30. The van der Waals surface area contributed by atoms with Crippen LogP contribution in [0.25, 0.3) is 11.0 Å². The van der Waals surface area contributed by atoms with Gasteiger partial charge in [-0.1, -0.05) is 18.2 Å². The Labute approximate surface area is 134 Å². The van der Waals surface area contributed by atoms with Crippen LogP contribution in [0.3, 0.4) is 0 Å². The second kappa shape index (κ2) is 6.41. The molecule has 0 radical (unpaired) electrons. The van der Waals surface area contributed by atoms with Gasteiger partial charge in [-0.05, 0) is 30.2 Å². The Morgan fingerprint density at radius 3 is 2.70 bits per heavy atom. The van der Waals surface area contributed by atoms with Crippen molar-refractivity contribution in [1.82, 2.24) is 9.97 Å². The average molecular weight is 307 g/mol. The highest BCUT2D eigenvalue weighted by atomic mass is 16.5. The van der Waals surface area contributed by atoms with Crippen LogP contribution in [0.1, 0.15) is 17.3 Å². The lowest BCUT2D eigenvalue weighted by atomic mass is 9.99. The molecule has 116 valence electrons. The predicted molar refractivity (Wildman–Crippen MR) is 87.7 cm³/mol. The number of rotatable bonds is 5. The molecule has 1 unspecified atom stereocenters. The minimum Gasteiger partial charge on any atom is -0.497 e. The van der Waals surface area contributed by atoms with E-state index in [0.29, 0.717) is 18.0 Å². The number of ether oxygens (including phenoxy) is 2. The van der Waals surface area contributed by atoms with Crippen molar-refractivity contribution in [2.45, 2.75) is 12.3 Å². The Kier molecular flexibility index (Phi) is 4.15. The number of methoxy groups -OCH3 is 2. The van der Waals surface area contributed by atoms with Crippen LogP contribution < -0.4 is 9.47 Å². The number of nitrogens with one attached hydrogen (secondary N) is 1. The van der Waals surface area contributed by atoms with Gasteiger partial charge in [-0.3, -0.25) is 0 Å². The maximum absolute atomic E-state index is 9.55. The van der Waals surface area contributed by atoms with Gasteiger partial charge in [-0.2, -0.15) is 5.26 Å². The number of aromatic amines is 1. The summed E-state index contributed by atoms with van der Waals surface area (Å²) in [5.74, 6) is 1.74. The first kappa shape index (κ1) is 14.9. The van der Waals surface area contributed by atoms with Gasteiger partial charge in [0.1, 0.15) is 23.2 Å². The van der Waals surface area contributed by atoms with Gasteiger partial charge in [0.2, 0.25) is 0 Å². The minimum atomic E-state index is -0.371. The zero-order valence-electron chi connectivity index (χ0n) is 13.0. The first-order chi connectivity index (χ1) is 11.2. The standard InChI is InChI=1S/C18H17N3O2/c1-22-14-8-7-12(17(10-14)23-2)9-13(11-19)18-20-15-5-3-4-6-16(15)21-18/h3-8,10,13H,9H2,1-2H3,(H,20,21). The maximum Gasteiger partial charge on any atom is 0.125 e. The van der Waals surface area contributed by atoms with E-state index in [9.17, 15) is 5.26 Å². The lowest BCUT2D eigenvalue weighted by Crippen LogP contribution is -2.04. The van der Waals surface area contributed by atoms with Gasteiger partial charge >= 0.3 is 0 Å². The van der Waals surface area contributed by atoms with Gasteiger partial charge in [-0.15, -0.1) is 0 Å². The quantitative estimate of drug-likeness (QED) is 0.784. The van der Waals surface area contributed by atoms with Crippen molar-refractivity contribution in [2.75, 3.05) is 14.2 Å². The molecule has 2 aromatic carbocycles. The number of hydrogen-bond donors (Lipinski definition) is 1. The van der Waals surface area contributed by atoms with Gasteiger partial charge in [-0.25, -0.2) is 4.98 Å². The monoisotopic (exact) mass is 307 g/mol. The van der Waals surface area contributed by atoms with Crippen LogP contribution in [0.4, 0.5) is 0 Å². The molecule has 3 aromatic rings. The largest absolute Gasteiger partial charge is 0.497 e. The molecule has 1 heterocycles. The summed E-state index contributed by atoms with van der Waals surface area (Å²) in [6.07, 6.45) is 0.517. The molecular formula is C18H17N3O2. The Balaban J connectivity index is 1.92. The number of H-pyrrole nitrogens is 1. The SMILES string of the molecule is COc1ccc(CC(C#N)c2nc3ccccc3[nH]2)c(OC)c1. The van der Waals surface area contributed by atoms with E-state index >= 15 is 0 Å². The van der Waals surface area contributed by atoms with E-state index in [4.69, 9.17) is 9.47 Å². The highest BCUT2D eigenvalue weighted by Gasteiger charge is 2.18. The normalized spacial score (nSPS) is 11.9. The molecule has 0 aliphatic carbocycles. The van der Waals surface area contributed by atoms with Crippen LogP contribution in [0.5, 0.6) is 11.5 Å². The molecule has 1 aromatic heterocycles. The van der Waals surface area contributed by atoms with Crippen LogP contribution in [-0.4, -0.2) is 24.2 Å². The Morgan fingerprint density at radius 2 is 2.00 bits per heavy atom. The second-order valence-electron chi connectivity index (χ2n) is 5.20. The van der Waals surface area contributed by atoms with E-state index in [1.807, 2.05) is 42.5 Å². The molecule has 0 aliphatic heterocycles. The molecule has 0 fully saturated rings. The summed E-state index contributed by atoms with van der Waals surface area (Å²) in [6, 6.07) is 15.7. The highest BCUT2D eigenvalue weighted by molar-refractivity contribution is 5.75. The summed E-state index contributed by atoms with van der Waals surface area (Å²) < 4.78 is 10.6. The number of fused-ring (bicyclic) bond motifs is 1. The summed E-state index contributed by atoms with van der Waals surface area (Å²) in [4.78, 5) is 7.75. The highest BCUT2D eigenvalue weighted by Crippen LogP contribution is 2.29. The summed E-state index contributed by atoms with van der Waals surface area (Å²) in [7, 11) is 3.22. The fourth-order valence-corrected chi connectivity index (χ4v) is 2.58. The number of benzene rings is 2. The van der Waals surface area contributed by atoms with Crippen molar-refractivity contribution in [2.24, 2.45) is 0 Å². The van der Waals surface area contributed by atoms with E-state index in [1.165, 1.54) is 0 Å². The smallest absolute Gasteiger partial charge is 0.125 e. The van der Waals surface area contributed by atoms with Crippen molar-refractivity contribution in [3.63, 3.8) is 0 Å². The van der Waals surface area contributed by atoms with Crippen LogP contribution in [0.2, 0.25) is 0 Å². The lowest BCUT2D eigenvalue weighted by molar-refractivity contribution is 0.390. The zero-order valence-corrected chi connectivity index (χ0v) is 13.0. The van der Waals surface area contributed by atoms with Crippen molar-refractivity contribution in [1.29, 1.82) is 5.26 Å². The van der Waals surface area contributed by atoms with Crippen molar-refractivity contribution in [3.05, 3.63) is 53.9 Å². The van der Waals surface area contributed by atoms with E-state index in [2.05, 4.69) is 16.0 Å². The topological polar surface area (TPSA) is 70.9 Å². The summed E-state index contributed by atoms with van der Waals surface area (Å²) in [6.45, 7) is 0. The van der Waals surface area contributed by atoms with Gasteiger partial charge in [0, 0.05) is 6.07 Å². The molecule has 0 amide bonds. The summed E-state index contributed by atoms with van der Waals surface area (Å²) in [5, 5.41) is 9.55. The third-order valence-corrected chi connectivity index (χ3v) is 3.81.